The van der Waals surface area contributed by atoms with Gasteiger partial charge in [0, 0.05) is 3.57 Å². The van der Waals surface area contributed by atoms with Crippen LogP contribution in [0.1, 0.15) is 15.9 Å². The van der Waals surface area contributed by atoms with E-state index in [2.05, 4.69) is 27.9 Å². The summed E-state index contributed by atoms with van der Waals surface area (Å²) in [4.78, 5) is 11.9. The average molecular weight is 366 g/mol. The Hall–Kier alpha value is -1.94. The normalized spacial score (nSPS) is 9.74. The number of carbonyl (C=O) groups is 1. The highest BCUT2D eigenvalue weighted by Crippen LogP contribution is 2.19. The molecular weight excluding hydrogens is 358 g/mol. The molecule has 2 aromatic carbocycles. The number of nitriles is 1. The average Bonchev–Trinajstić information content (AvgIpc) is 2.41. The smallest absolute Gasteiger partial charge is 0.258 e. The van der Waals surface area contributed by atoms with Gasteiger partial charge >= 0.3 is 0 Å². The van der Waals surface area contributed by atoms with Gasteiger partial charge in [0.1, 0.15) is 5.82 Å². The highest BCUT2D eigenvalue weighted by atomic mass is 127. The molecule has 19 heavy (non-hydrogen) atoms. The van der Waals surface area contributed by atoms with E-state index in [0.29, 0.717) is 5.69 Å². The van der Waals surface area contributed by atoms with Gasteiger partial charge in [0.15, 0.2) is 0 Å². The zero-order valence-corrected chi connectivity index (χ0v) is 11.8. The zero-order chi connectivity index (χ0) is 13.8. The molecule has 0 aromatic heterocycles. The van der Waals surface area contributed by atoms with Gasteiger partial charge in [0.2, 0.25) is 0 Å². The fourth-order valence-corrected chi connectivity index (χ4v) is 2.04. The summed E-state index contributed by atoms with van der Waals surface area (Å²) in [6.45, 7) is 0. The Balaban J connectivity index is 2.26. The third kappa shape index (κ3) is 3.09. The van der Waals surface area contributed by atoms with Crippen molar-refractivity contribution in [3.8, 4) is 6.07 Å². The Kier molecular flexibility index (Phi) is 4.12. The first-order valence-electron chi connectivity index (χ1n) is 5.37. The first kappa shape index (κ1) is 13.5. The highest BCUT2D eigenvalue weighted by Gasteiger charge is 2.13. The second-order valence-electron chi connectivity index (χ2n) is 3.74. The molecule has 0 spiro atoms. The van der Waals surface area contributed by atoms with Crippen LogP contribution >= 0.6 is 22.6 Å². The van der Waals surface area contributed by atoms with E-state index in [4.69, 9.17) is 5.26 Å². The summed E-state index contributed by atoms with van der Waals surface area (Å²) in [5.41, 5.74) is 0.721. The molecule has 0 aliphatic carbocycles. The summed E-state index contributed by atoms with van der Waals surface area (Å²) < 4.78 is 14.5. The lowest BCUT2D eigenvalue weighted by atomic mass is 10.1. The predicted octanol–water partition coefficient (Wildman–Crippen LogP) is 3.55. The third-order valence-electron chi connectivity index (χ3n) is 2.46. The van der Waals surface area contributed by atoms with Crippen molar-refractivity contribution < 1.29 is 9.18 Å². The van der Waals surface area contributed by atoms with E-state index < -0.39 is 11.7 Å². The molecule has 0 aliphatic heterocycles. The van der Waals surface area contributed by atoms with Gasteiger partial charge in [-0.25, -0.2) is 4.39 Å². The largest absolute Gasteiger partial charge is 0.321 e. The number of benzene rings is 2. The second kappa shape index (κ2) is 5.80. The lowest BCUT2D eigenvalue weighted by molar-refractivity contribution is 0.102. The summed E-state index contributed by atoms with van der Waals surface area (Å²) >= 11 is 2.08. The minimum atomic E-state index is -0.706. The Morgan fingerprint density at radius 1 is 1.26 bits per heavy atom. The van der Waals surface area contributed by atoms with Crippen LogP contribution in [0.5, 0.6) is 0 Å². The van der Waals surface area contributed by atoms with E-state index >= 15 is 0 Å². The van der Waals surface area contributed by atoms with Crippen LogP contribution in [-0.4, -0.2) is 5.91 Å². The molecule has 0 unspecified atom stereocenters. The maximum Gasteiger partial charge on any atom is 0.258 e. The summed E-state index contributed by atoms with van der Waals surface area (Å²) in [6.07, 6.45) is 0. The Morgan fingerprint density at radius 3 is 2.63 bits per heavy atom. The lowest BCUT2D eigenvalue weighted by Gasteiger charge is -2.07. The van der Waals surface area contributed by atoms with E-state index in [9.17, 15) is 9.18 Å². The Morgan fingerprint density at radius 2 is 2.00 bits per heavy atom. The number of halogens is 2. The third-order valence-corrected chi connectivity index (χ3v) is 3.41. The van der Waals surface area contributed by atoms with Crippen molar-refractivity contribution >= 4 is 34.2 Å². The van der Waals surface area contributed by atoms with Crippen molar-refractivity contribution in [2.45, 2.75) is 0 Å². The monoisotopic (exact) mass is 366 g/mol. The highest BCUT2D eigenvalue weighted by molar-refractivity contribution is 14.1. The number of carbonyl (C=O) groups excluding carboxylic acids is 1. The molecule has 0 aliphatic rings. The standard InChI is InChI=1S/C14H8FIN2O/c15-11-7-9(8-17)5-6-10(11)14(19)18-13-4-2-1-3-12(13)16/h1-7H,(H,18,19). The number of para-hydroxylation sites is 1. The van der Waals surface area contributed by atoms with Crippen molar-refractivity contribution in [2.75, 3.05) is 5.32 Å². The SMILES string of the molecule is N#Cc1ccc(C(=O)Nc2ccccc2I)c(F)c1. The van der Waals surface area contributed by atoms with Crippen molar-refractivity contribution in [1.29, 1.82) is 5.26 Å². The number of rotatable bonds is 2. The van der Waals surface area contributed by atoms with Gasteiger partial charge in [0.25, 0.3) is 5.91 Å². The maximum absolute atomic E-state index is 13.7. The lowest BCUT2D eigenvalue weighted by Crippen LogP contribution is -2.14. The fourth-order valence-electron chi connectivity index (χ4n) is 1.52. The van der Waals surface area contributed by atoms with Crippen LogP contribution in [0.3, 0.4) is 0 Å². The molecule has 3 nitrogen and oxygen atoms in total. The van der Waals surface area contributed by atoms with Gasteiger partial charge < -0.3 is 5.32 Å². The number of amides is 1. The molecule has 94 valence electrons. The summed E-state index contributed by atoms with van der Waals surface area (Å²) in [5, 5.41) is 11.3. The quantitative estimate of drug-likeness (QED) is 0.827. The number of hydrogen-bond donors (Lipinski definition) is 1. The Bertz CT molecular complexity index is 679. The van der Waals surface area contributed by atoms with Crippen molar-refractivity contribution in [1.82, 2.24) is 0 Å². The molecule has 2 aromatic rings. The van der Waals surface area contributed by atoms with Crippen LogP contribution in [0.4, 0.5) is 10.1 Å². The van der Waals surface area contributed by atoms with Gasteiger partial charge in [-0.05, 0) is 52.9 Å². The minimum Gasteiger partial charge on any atom is -0.321 e. The predicted molar refractivity (Wildman–Crippen MR) is 78.2 cm³/mol. The summed E-state index contributed by atoms with van der Waals surface area (Å²) in [5.74, 6) is -1.24. The molecule has 0 radical (unpaired) electrons. The molecule has 0 heterocycles. The van der Waals surface area contributed by atoms with Gasteiger partial charge in [-0.15, -0.1) is 0 Å². The summed E-state index contributed by atoms with van der Waals surface area (Å²) in [7, 11) is 0. The maximum atomic E-state index is 13.7. The second-order valence-corrected chi connectivity index (χ2v) is 4.90. The molecule has 0 atom stereocenters. The first-order valence-corrected chi connectivity index (χ1v) is 6.45. The van der Waals surface area contributed by atoms with Gasteiger partial charge in [0.05, 0.1) is 22.9 Å². The van der Waals surface area contributed by atoms with Crippen LogP contribution < -0.4 is 5.32 Å². The molecule has 0 fully saturated rings. The molecular formula is C14H8FIN2O. The molecule has 1 amide bonds. The number of hydrogen-bond acceptors (Lipinski definition) is 2. The van der Waals surface area contributed by atoms with Crippen LogP contribution in [0.15, 0.2) is 42.5 Å². The molecule has 1 N–H and O–H groups in total. The van der Waals surface area contributed by atoms with E-state index in [-0.39, 0.29) is 11.1 Å². The topological polar surface area (TPSA) is 52.9 Å². The molecule has 0 saturated heterocycles. The van der Waals surface area contributed by atoms with Crippen LogP contribution in [0, 0.1) is 20.7 Å². The molecule has 2 rings (SSSR count). The number of nitrogens with one attached hydrogen (secondary N) is 1. The van der Waals surface area contributed by atoms with Crippen LogP contribution in [0.25, 0.3) is 0 Å². The minimum absolute atomic E-state index is 0.0846. The Labute approximate surface area is 123 Å². The molecule has 5 heteroatoms. The first-order chi connectivity index (χ1) is 9.11. The van der Waals surface area contributed by atoms with Gasteiger partial charge in [-0.1, -0.05) is 12.1 Å². The molecule has 0 saturated carbocycles. The van der Waals surface area contributed by atoms with E-state index in [1.165, 1.54) is 12.1 Å². The summed E-state index contributed by atoms with van der Waals surface area (Å²) in [6, 6.07) is 12.8. The van der Waals surface area contributed by atoms with Gasteiger partial charge in [-0.3, -0.25) is 4.79 Å². The van der Waals surface area contributed by atoms with Crippen LogP contribution in [0.2, 0.25) is 0 Å². The van der Waals surface area contributed by atoms with Crippen molar-refractivity contribution in [3.05, 3.63) is 63.0 Å². The van der Waals surface area contributed by atoms with Crippen molar-refractivity contribution in [2.24, 2.45) is 0 Å². The van der Waals surface area contributed by atoms with Gasteiger partial charge in [-0.2, -0.15) is 5.26 Å². The fraction of sp³-hybridized carbons (Fsp3) is 0. The van der Waals surface area contributed by atoms with Crippen molar-refractivity contribution in [3.63, 3.8) is 0 Å². The van der Waals surface area contributed by atoms with E-state index in [1.54, 1.807) is 12.1 Å². The van der Waals surface area contributed by atoms with E-state index in [1.807, 2.05) is 18.2 Å². The van der Waals surface area contributed by atoms with Crippen LogP contribution in [-0.2, 0) is 0 Å². The molecule has 0 bridgehead atoms. The number of nitrogens with zero attached hydrogens (tertiary/aromatic N) is 1. The zero-order valence-electron chi connectivity index (χ0n) is 9.65. The number of anilines is 1. The van der Waals surface area contributed by atoms with E-state index in [0.717, 1.165) is 9.64 Å².